The van der Waals surface area contributed by atoms with E-state index in [1.165, 1.54) is 5.56 Å². The highest BCUT2D eigenvalue weighted by Crippen LogP contribution is 2.27. The van der Waals surface area contributed by atoms with Gasteiger partial charge in [0, 0.05) is 6.04 Å². The van der Waals surface area contributed by atoms with Crippen molar-refractivity contribution in [2.45, 2.75) is 32.7 Å². The van der Waals surface area contributed by atoms with Crippen LogP contribution in [0, 0.1) is 0 Å². The van der Waals surface area contributed by atoms with Crippen LogP contribution in [0.25, 0.3) is 0 Å². The van der Waals surface area contributed by atoms with Crippen LogP contribution in [0.4, 0.5) is 0 Å². The molecule has 1 aromatic carbocycles. The summed E-state index contributed by atoms with van der Waals surface area (Å²) in [6.07, 6.45) is 6.32. The second-order valence-corrected chi connectivity index (χ2v) is 4.61. The summed E-state index contributed by atoms with van der Waals surface area (Å²) in [6, 6.07) is 6.54. The molecule has 19 heavy (non-hydrogen) atoms. The van der Waals surface area contributed by atoms with Gasteiger partial charge in [0.15, 0.2) is 11.5 Å². The van der Waals surface area contributed by atoms with Crippen molar-refractivity contribution in [1.82, 2.24) is 5.32 Å². The van der Waals surface area contributed by atoms with Crippen LogP contribution in [0.1, 0.15) is 25.8 Å². The van der Waals surface area contributed by atoms with Gasteiger partial charge in [-0.05, 0) is 50.9 Å². The minimum atomic E-state index is 0.448. The lowest BCUT2D eigenvalue weighted by Crippen LogP contribution is -2.28. The molecule has 3 heteroatoms. The topological polar surface area (TPSA) is 30.5 Å². The van der Waals surface area contributed by atoms with Gasteiger partial charge in [-0.1, -0.05) is 18.2 Å². The third-order valence-electron chi connectivity index (χ3n) is 3.03. The molecule has 1 rings (SSSR count). The summed E-state index contributed by atoms with van der Waals surface area (Å²) in [5.74, 6) is 1.57. The van der Waals surface area contributed by atoms with Crippen molar-refractivity contribution in [2.75, 3.05) is 20.8 Å². The Morgan fingerprint density at radius 1 is 1.21 bits per heavy atom. The van der Waals surface area contributed by atoms with Gasteiger partial charge in [-0.2, -0.15) is 0 Å². The van der Waals surface area contributed by atoms with E-state index in [9.17, 15) is 0 Å². The molecular formula is C16H25NO2. The van der Waals surface area contributed by atoms with Crippen molar-refractivity contribution >= 4 is 0 Å². The van der Waals surface area contributed by atoms with E-state index < -0.39 is 0 Å². The van der Waals surface area contributed by atoms with Crippen LogP contribution in [-0.4, -0.2) is 26.8 Å². The number of nitrogens with one attached hydrogen (secondary N) is 1. The Kier molecular flexibility index (Phi) is 7.04. The standard InChI is InChI=1S/C16H25NO2/c1-5-6-7-10-17-13(2)11-14-8-9-15(18-3)16(12-14)19-4/h5-6,8-9,12-13,17H,7,10-11H2,1-4H3/b6-5+. The second-order valence-electron chi connectivity index (χ2n) is 4.61. The SMILES string of the molecule is C/C=C/CCNC(C)Cc1ccc(OC)c(OC)c1. The third-order valence-corrected chi connectivity index (χ3v) is 3.03. The lowest BCUT2D eigenvalue weighted by Gasteiger charge is -2.15. The summed E-state index contributed by atoms with van der Waals surface area (Å²) in [6.45, 7) is 5.26. The van der Waals surface area contributed by atoms with Crippen LogP contribution < -0.4 is 14.8 Å². The van der Waals surface area contributed by atoms with Crippen LogP contribution in [0.2, 0.25) is 0 Å². The molecule has 0 amide bonds. The molecule has 0 aliphatic heterocycles. The lowest BCUT2D eigenvalue weighted by atomic mass is 10.1. The quantitative estimate of drug-likeness (QED) is 0.577. The van der Waals surface area contributed by atoms with Gasteiger partial charge >= 0.3 is 0 Å². The molecule has 0 fully saturated rings. The molecule has 1 aromatic rings. The van der Waals surface area contributed by atoms with Crippen LogP contribution >= 0.6 is 0 Å². The first-order chi connectivity index (χ1) is 9.21. The van der Waals surface area contributed by atoms with Crippen LogP contribution in [0.3, 0.4) is 0 Å². The van der Waals surface area contributed by atoms with E-state index in [1.54, 1.807) is 14.2 Å². The van der Waals surface area contributed by atoms with E-state index in [0.717, 1.165) is 30.9 Å². The zero-order valence-electron chi connectivity index (χ0n) is 12.4. The van der Waals surface area contributed by atoms with Crippen molar-refractivity contribution in [2.24, 2.45) is 0 Å². The molecular weight excluding hydrogens is 238 g/mol. The fraction of sp³-hybridized carbons (Fsp3) is 0.500. The molecule has 0 bridgehead atoms. The first-order valence-electron chi connectivity index (χ1n) is 6.76. The summed E-state index contributed by atoms with van der Waals surface area (Å²) in [7, 11) is 3.32. The third kappa shape index (κ3) is 5.35. The lowest BCUT2D eigenvalue weighted by molar-refractivity contribution is 0.354. The summed E-state index contributed by atoms with van der Waals surface area (Å²) >= 11 is 0. The van der Waals surface area contributed by atoms with E-state index in [1.807, 2.05) is 19.1 Å². The number of hydrogen-bond acceptors (Lipinski definition) is 3. The molecule has 106 valence electrons. The Hall–Kier alpha value is -1.48. The number of ether oxygens (including phenoxy) is 2. The van der Waals surface area contributed by atoms with Crippen molar-refractivity contribution in [1.29, 1.82) is 0 Å². The van der Waals surface area contributed by atoms with Gasteiger partial charge in [0.2, 0.25) is 0 Å². The summed E-state index contributed by atoms with van der Waals surface area (Å²) in [5.41, 5.74) is 1.25. The Morgan fingerprint density at radius 3 is 2.58 bits per heavy atom. The largest absolute Gasteiger partial charge is 0.493 e. The van der Waals surface area contributed by atoms with Crippen molar-refractivity contribution in [3.05, 3.63) is 35.9 Å². The van der Waals surface area contributed by atoms with Crippen LogP contribution in [0.5, 0.6) is 11.5 Å². The Bertz CT molecular complexity index is 402. The van der Waals surface area contributed by atoms with Crippen molar-refractivity contribution in [3.8, 4) is 11.5 Å². The number of methoxy groups -OCH3 is 2. The number of rotatable bonds is 8. The van der Waals surface area contributed by atoms with Gasteiger partial charge in [-0.15, -0.1) is 0 Å². The average molecular weight is 263 g/mol. The highest BCUT2D eigenvalue weighted by Gasteiger charge is 2.07. The van der Waals surface area contributed by atoms with E-state index in [4.69, 9.17) is 9.47 Å². The van der Waals surface area contributed by atoms with Gasteiger partial charge in [-0.25, -0.2) is 0 Å². The molecule has 0 aliphatic carbocycles. The molecule has 0 spiro atoms. The summed E-state index contributed by atoms with van der Waals surface area (Å²) < 4.78 is 10.6. The summed E-state index contributed by atoms with van der Waals surface area (Å²) in [4.78, 5) is 0. The average Bonchev–Trinajstić information content (AvgIpc) is 2.43. The van der Waals surface area contributed by atoms with Gasteiger partial charge in [0.25, 0.3) is 0 Å². The van der Waals surface area contributed by atoms with Gasteiger partial charge in [-0.3, -0.25) is 0 Å². The first kappa shape index (κ1) is 15.6. The highest BCUT2D eigenvalue weighted by molar-refractivity contribution is 5.43. The highest BCUT2D eigenvalue weighted by atomic mass is 16.5. The zero-order chi connectivity index (χ0) is 14.1. The molecule has 0 aromatic heterocycles. The Balaban J connectivity index is 2.51. The minimum absolute atomic E-state index is 0.448. The molecule has 0 saturated carbocycles. The molecule has 1 N–H and O–H groups in total. The maximum atomic E-state index is 5.32. The monoisotopic (exact) mass is 263 g/mol. The normalized spacial score (nSPS) is 12.6. The predicted octanol–water partition coefficient (Wildman–Crippen LogP) is 3.19. The van der Waals surface area contributed by atoms with E-state index in [-0.39, 0.29) is 0 Å². The van der Waals surface area contributed by atoms with Crippen molar-refractivity contribution in [3.63, 3.8) is 0 Å². The number of allylic oxidation sites excluding steroid dienone is 1. The Morgan fingerprint density at radius 2 is 1.95 bits per heavy atom. The molecule has 1 atom stereocenters. The molecule has 0 radical (unpaired) electrons. The molecule has 0 aliphatic rings. The van der Waals surface area contributed by atoms with Gasteiger partial charge in [0.05, 0.1) is 14.2 Å². The van der Waals surface area contributed by atoms with Crippen LogP contribution in [-0.2, 0) is 6.42 Å². The molecule has 3 nitrogen and oxygen atoms in total. The van der Waals surface area contributed by atoms with E-state index in [2.05, 4.69) is 30.5 Å². The Labute approximate surface area is 116 Å². The summed E-state index contributed by atoms with van der Waals surface area (Å²) in [5, 5.41) is 3.51. The minimum Gasteiger partial charge on any atom is -0.493 e. The zero-order valence-corrected chi connectivity index (χ0v) is 12.4. The van der Waals surface area contributed by atoms with Gasteiger partial charge in [0.1, 0.15) is 0 Å². The first-order valence-corrected chi connectivity index (χ1v) is 6.76. The molecule has 0 saturated heterocycles. The molecule has 1 unspecified atom stereocenters. The smallest absolute Gasteiger partial charge is 0.160 e. The number of hydrogen-bond donors (Lipinski definition) is 1. The van der Waals surface area contributed by atoms with Crippen molar-refractivity contribution < 1.29 is 9.47 Å². The molecule has 0 heterocycles. The maximum Gasteiger partial charge on any atom is 0.160 e. The fourth-order valence-electron chi connectivity index (χ4n) is 2.01. The second kappa shape index (κ2) is 8.59. The fourth-order valence-corrected chi connectivity index (χ4v) is 2.01. The van der Waals surface area contributed by atoms with Crippen LogP contribution in [0.15, 0.2) is 30.4 Å². The number of benzene rings is 1. The van der Waals surface area contributed by atoms with E-state index >= 15 is 0 Å². The maximum absolute atomic E-state index is 5.32. The predicted molar refractivity (Wildman–Crippen MR) is 80.1 cm³/mol. The van der Waals surface area contributed by atoms with Gasteiger partial charge < -0.3 is 14.8 Å². The van der Waals surface area contributed by atoms with E-state index in [0.29, 0.717) is 6.04 Å².